The van der Waals surface area contributed by atoms with Crippen molar-refractivity contribution >= 4 is 23.2 Å². The number of carboxylic acids is 1. The molecule has 0 saturated carbocycles. The molecule has 0 unspecified atom stereocenters. The fourth-order valence-electron chi connectivity index (χ4n) is 3.22. The Labute approximate surface area is 179 Å². The van der Waals surface area contributed by atoms with E-state index in [9.17, 15) is 23.5 Å². The molecule has 2 N–H and O–H groups in total. The number of aromatic carboxylic acids is 1. The van der Waals surface area contributed by atoms with Gasteiger partial charge in [-0.25, -0.2) is 4.79 Å². The molecule has 0 bridgehead atoms. The Morgan fingerprint density at radius 2 is 2.17 bits per heavy atom. The first-order valence-electron chi connectivity index (χ1n) is 9.98. The van der Waals surface area contributed by atoms with Crippen LogP contribution in [-0.2, 0) is 11.2 Å². The van der Waals surface area contributed by atoms with Crippen molar-refractivity contribution in [2.45, 2.75) is 64.0 Å². The summed E-state index contributed by atoms with van der Waals surface area (Å²) in [6.45, 7) is 3.90. The number of aryl methyl sites for hydroxylation is 1. The van der Waals surface area contributed by atoms with E-state index in [4.69, 9.17) is 5.11 Å². The maximum atomic E-state index is 14.0. The molecule has 1 aromatic heterocycles. The number of nitrogens with zero attached hydrogens (tertiary/aromatic N) is 1. The minimum absolute atomic E-state index is 0.136. The molecule has 2 heterocycles. The van der Waals surface area contributed by atoms with E-state index < -0.39 is 36.4 Å². The number of carbonyl (C=O) groups excluding carboxylic acids is 1. The lowest BCUT2D eigenvalue weighted by atomic mass is 9.99. The van der Waals surface area contributed by atoms with Crippen LogP contribution in [-0.4, -0.2) is 51.6 Å². The molecule has 0 aromatic carbocycles. The zero-order valence-corrected chi connectivity index (χ0v) is 17.9. The van der Waals surface area contributed by atoms with Gasteiger partial charge in [0, 0.05) is 30.7 Å². The van der Waals surface area contributed by atoms with Crippen molar-refractivity contribution in [3.05, 3.63) is 34.0 Å². The summed E-state index contributed by atoms with van der Waals surface area (Å²) in [5.74, 6) is 0.123. The number of thiophene rings is 1. The van der Waals surface area contributed by atoms with Crippen LogP contribution >= 0.6 is 11.3 Å². The summed E-state index contributed by atoms with van der Waals surface area (Å²) < 4.78 is 28.0. The molecule has 1 amide bonds. The molecule has 1 aliphatic rings. The van der Waals surface area contributed by atoms with Gasteiger partial charge in [-0.2, -0.15) is 8.78 Å². The van der Waals surface area contributed by atoms with Gasteiger partial charge in [0.2, 0.25) is 0 Å². The summed E-state index contributed by atoms with van der Waals surface area (Å²) in [6, 6.07) is 2.43. The summed E-state index contributed by atoms with van der Waals surface area (Å²) in [4.78, 5) is 25.3. The highest BCUT2D eigenvalue weighted by Gasteiger charge is 2.52. The Kier molecular flexibility index (Phi) is 8.56. The Morgan fingerprint density at radius 3 is 2.80 bits per heavy atom. The molecule has 0 spiro atoms. The number of amides is 1. The number of aliphatic hydroxyl groups is 1. The largest absolute Gasteiger partial charge is 0.477 e. The van der Waals surface area contributed by atoms with Crippen molar-refractivity contribution < 1.29 is 28.6 Å². The number of hydrogen-bond donors (Lipinski definition) is 2. The number of likely N-dealkylation sites (tertiary alicyclic amines) is 1. The molecule has 1 aliphatic heterocycles. The molecule has 2 rings (SSSR count). The van der Waals surface area contributed by atoms with Gasteiger partial charge in [-0.15, -0.1) is 23.2 Å². The number of halogens is 2. The molecule has 0 aliphatic carbocycles. The first kappa shape index (κ1) is 24.0. The average molecular weight is 440 g/mol. The molecule has 1 saturated heterocycles. The number of carbonyl (C=O) groups is 2. The Balaban J connectivity index is 1.97. The molecule has 0 radical (unpaired) electrons. The van der Waals surface area contributed by atoms with Crippen molar-refractivity contribution in [1.82, 2.24) is 4.90 Å². The Bertz CT molecular complexity index is 840. The van der Waals surface area contributed by atoms with Gasteiger partial charge in [0.05, 0.1) is 12.1 Å². The lowest BCUT2D eigenvalue weighted by Crippen LogP contribution is -2.36. The first-order chi connectivity index (χ1) is 14.2. The van der Waals surface area contributed by atoms with Crippen molar-refractivity contribution in [3.8, 4) is 11.8 Å². The molecule has 1 aromatic rings. The quantitative estimate of drug-likeness (QED) is 0.451. The van der Waals surface area contributed by atoms with Crippen molar-refractivity contribution in [1.29, 1.82) is 0 Å². The zero-order valence-electron chi connectivity index (χ0n) is 17.1. The normalized spacial score (nSPS) is 20.2. The van der Waals surface area contributed by atoms with Gasteiger partial charge in [0.15, 0.2) is 0 Å². The molecule has 164 valence electrons. The summed E-state index contributed by atoms with van der Waals surface area (Å²) in [6.07, 6.45) is 3.70. The fourth-order valence-corrected chi connectivity index (χ4v) is 4.11. The molecular formula is C22H27F2NO4S. The first-order valence-corrected chi connectivity index (χ1v) is 10.8. The molecule has 30 heavy (non-hydrogen) atoms. The van der Waals surface area contributed by atoms with Crippen LogP contribution in [0.25, 0.3) is 0 Å². The van der Waals surface area contributed by atoms with Crippen LogP contribution in [0.4, 0.5) is 8.78 Å². The van der Waals surface area contributed by atoms with E-state index in [1.54, 1.807) is 6.07 Å². The average Bonchev–Trinajstić information content (AvgIpc) is 3.24. The van der Waals surface area contributed by atoms with Crippen molar-refractivity contribution in [3.63, 3.8) is 0 Å². The van der Waals surface area contributed by atoms with Gasteiger partial charge >= 0.3 is 11.9 Å². The molecule has 8 heteroatoms. The van der Waals surface area contributed by atoms with Gasteiger partial charge in [0.25, 0.3) is 5.91 Å². The molecule has 5 nitrogen and oxygen atoms in total. The third kappa shape index (κ3) is 6.38. The minimum atomic E-state index is -3.42. The standard InChI is InChI=1S/C22H27F2NO4S/c1-3-4-5-7-15(2)18(26)11-9-16-14-22(23,24)21(29)25(16)13-6-8-17-10-12-19(30-17)20(27)28/h9-12,15-16,18,26H,3,6-8,13-14H2,1-2H3,(H,27,28)/t15-,16+,18-/m1/s1. The Hall–Kier alpha value is -2.24. The number of rotatable bonds is 9. The van der Waals surface area contributed by atoms with Crippen LogP contribution in [0.15, 0.2) is 24.3 Å². The minimum Gasteiger partial charge on any atom is -0.477 e. The van der Waals surface area contributed by atoms with Crippen LogP contribution in [0.5, 0.6) is 0 Å². The number of hydrogen-bond acceptors (Lipinski definition) is 4. The second-order valence-corrected chi connectivity index (χ2v) is 8.58. The van der Waals surface area contributed by atoms with Gasteiger partial charge in [0.1, 0.15) is 4.88 Å². The van der Waals surface area contributed by atoms with Crippen molar-refractivity contribution in [2.75, 3.05) is 6.54 Å². The van der Waals surface area contributed by atoms with Gasteiger partial charge in [-0.3, -0.25) is 4.79 Å². The second kappa shape index (κ2) is 10.7. The monoisotopic (exact) mass is 439 g/mol. The van der Waals surface area contributed by atoms with E-state index in [1.807, 2.05) is 13.8 Å². The third-order valence-corrected chi connectivity index (χ3v) is 6.11. The number of aliphatic hydroxyl groups excluding tert-OH is 1. The van der Waals surface area contributed by atoms with Gasteiger partial charge in [-0.1, -0.05) is 26.0 Å². The van der Waals surface area contributed by atoms with Gasteiger partial charge < -0.3 is 15.1 Å². The predicted octanol–water partition coefficient (Wildman–Crippen LogP) is 3.97. The SMILES string of the molecule is CCC#CC[C@@H](C)[C@H](O)C=C[C@H]1CC(F)(F)C(=O)N1CCCc1ccc(C(=O)O)s1. The number of alkyl halides is 2. The van der Waals surface area contributed by atoms with Crippen LogP contribution in [0.3, 0.4) is 0 Å². The second-order valence-electron chi connectivity index (χ2n) is 7.41. The van der Waals surface area contributed by atoms with E-state index in [0.29, 0.717) is 19.3 Å². The third-order valence-electron chi connectivity index (χ3n) is 4.97. The zero-order chi connectivity index (χ0) is 22.3. The lowest BCUT2D eigenvalue weighted by molar-refractivity contribution is -0.148. The Morgan fingerprint density at radius 1 is 1.43 bits per heavy atom. The van der Waals surface area contributed by atoms with Crippen LogP contribution < -0.4 is 0 Å². The van der Waals surface area contributed by atoms with E-state index >= 15 is 0 Å². The topological polar surface area (TPSA) is 77.8 Å². The van der Waals surface area contributed by atoms with Gasteiger partial charge in [-0.05, 0) is 30.9 Å². The fraction of sp³-hybridized carbons (Fsp3) is 0.545. The number of carboxylic acid groups (broad SMARTS) is 1. The molecular weight excluding hydrogens is 412 g/mol. The van der Waals surface area contributed by atoms with E-state index in [0.717, 1.165) is 27.5 Å². The highest BCUT2D eigenvalue weighted by molar-refractivity contribution is 7.13. The lowest BCUT2D eigenvalue weighted by Gasteiger charge is -2.22. The van der Waals surface area contributed by atoms with E-state index in [-0.39, 0.29) is 17.3 Å². The van der Waals surface area contributed by atoms with Crippen LogP contribution in [0.2, 0.25) is 0 Å². The molecule has 1 fully saturated rings. The smallest absolute Gasteiger partial charge is 0.345 e. The highest BCUT2D eigenvalue weighted by atomic mass is 32.1. The maximum Gasteiger partial charge on any atom is 0.345 e. The van der Waals surface area contributed by atoms with Crippen LogP contribution in [0.1, 0.15) is 54.1 Å². The summed E-state index contributed by atoms with van der Waals surface area (Å²) in [5, 5.41) is 19.2. The predicted molar refractivity (Wildman–Crippen MR) is 112 cm³/mol. The highest BCUT2D eigenvalue weighted by Crippen LogP contribution is 2.34. The maximum absolute atomic E-state index is 14.0. The molecule has 3 atom stereocenters. The summed E-state index contributed by atoms with van der Waals surface area (Å²) >= 11 is 1.14. The summed E-state index contributed by atoms with van der Waals surface area (Å²) in [7, 11) is 0. The van der Waals surface area contributed by atoms with E-state index in [1.165, 1.54) is 18.2 Å². The van der Waals surface area contributed by atoms with Crippen LogP contribution in [0, 0.1) is 17.8 Å². The van der Waals surface area contributed by atoms with E-state index in [2.05, 4.69) is 11.8 Å². The summed E-state index contributed by atoms with van der Waals surface area (Å²) in [5.41, 5.74) is 0. The van der Waals surface area contributed by atoms with Crippen molar-refractivity contribution in [2.24, 2.45) is 5.92 Å².